The highest BCUT2D eigenvalue weighted by Crippen LogP contribution is 2.29. The van der Waals surface area contributed by atoms with Crippen LogP contribution in [0.5, 0.6) is 5.75 Å². The third kappa shape index (κ3) is 7.34. The number of ether oxygens (including phenoxy) is 1. The predicted octanol–water partition coefficient (Wildman–Crippen LogP) is 4.79. The second-order valence-corrected chi connectivity index (χ2v) is 12.3. The van der Waals surface area contributed by atoms with Crippen LogP contribution in [0.3, 0.4) is 0 Å². The number of rotatable bonds is 10. The van der Waals surface area contributed by atoms with E-state index in [1.165, 1.54) is 18.2 Å². The SMILES string of the molecule is CC(C)(CCCOc1cc(Cl)ccc1Cl)C(=O)N[C@@H]1CCN(S(=O)(=O)c2cccc(C(=O)O)c2)C[C@H]1F. The lowest BCUT2D eigenvalue weighted by Gasteiger charge is -2.36. The quantitative estimate of drug-likeness (QED) is 0.394. The molecule has 2 aromatic carbocycles. The van der Waals surface area contributed by atoms with Crippen molar-refractivity contribution >= 4 is 45.1 Å². The molecular formula is C25H29Cl2FN2O6S. The summed E-state index contributed by atoms with van der Waals surface area (Å²) in [6.45, 7) is 3.34. The lowest BCUT2D eigenvalue weighted by molar-refractivity contribution is -0.131. The highest BCUT2D eigenvalue weighted by molar-refractivity contribution is 7.89. The standard InChI is InChI=1S/C25H29Cl2FN2O6S/c1-25(2,10-4-12-36-22-14-17(26)7-8-19(22)27)24(33)29-21-9-11-30(15-20(21)28)37(34,35)18-6-3-5-16(13-18)23(31)32/h3,5-8,13-14,20-21H,4,9-12,15H2,1-2H3,(H,29,33)(H,31,32)/t20-,21-/m1/s1. The molecule has 202 valence electrons. The summed E-state index contributed by atoms with van der Waals surface area (Å²) in [5, 5.41) is 12.8. The zero-order chi connectivity index (χ0) is 27.4. The number of carboxylic acids is 1. The molecule has 8 nitrogen and oxygen atoms in total. The van der Waals surface area contributed by atoms with E-state index in [4.69, 9.17) is 33.0 Å². The Labute approximate surface area is 225 Å². The molecule has 1 aliphatic rings. The number of nitrogens with one attached hydrogen (secondary N) is 1. The molecule has 3 rings (SSSR count). The number of alkyl halides is 1. The van der Waals surface area contributed by atoms with Gasteiger partial charge in [0.1, 0.15) is 11.9 Å². The van der Waals surface area contributed by atoms with E-state index in [2.05, 4.69) is 5.32 Å². The van der Waals surface area contributed by atoms with E-state index < -0.39 is 40.2 Å². The maximum absolute atomic E-state index is 15.0. The number of aromatic carboxylic acids is 1. The van der Waals surface area contributed by atoms with Gasteiger partial charge in [-0.15, -0.1) is 0 Å². The Hall–Kier alpha value is -2.40. The Morgan fingerprint density at radius 2 is 1.95 bits per heavy atom. The number of sulfonamides is 1. The molecule has 1 fully saturated rings. The molecule has 37 heavy (non-hydrogen) atoms. The number of halogens is 3. The van der Waals surface area contributed by atoms with Crippen LogP contribution in [0.2, 0.25) is 10.0 Å². The number of hydrogen-bond acceptors (Lipinski definition) is 5. The average molecular weight is 575 g/mol. The summed E-state index contributed by atoms with van der Waals surface area (Å²) in [6, 6.07) is 8.98. The van der Waals surface area contributed by atoms with Crippen molar-refractivity contribution in [2.24, 2.45) is 5.41 Å². The Morgan fingerprint density at radius 3 is 2.62 bits per heavy atom. The highest BCUT2D eigenvalue weighted by atomic mass is 35.5. The fourth-order valence-electron chi connectivity index (χ4n) is 3.96. The zero-order valence-corrected chi connectivity index (χ0v) is 22.7. The summed E-state index contributed by atoms with van der Waals surface area (Å²) >= 11 is 12.0. The Balaban J connectivity index is 1.53. The van der Waals surface area contributed by atoms with Crippen molar-refractivity contribution in [1.29, 1.82) is 0 Å². The minimum atomic E-state index is -4.09. The second-order valence-electron chi connectivity index (χ2n) is 9.49. The van der Waals surface area contributed by atoms with Crippen LogP contribution >= 0.6 is 23.2 Å². The van der Waals surface area contributed by atoms with Crippen LogP contribution in [0, 0.1) is 5.41 Å². The number of hydrogen-bond donors (Lipinski definition) is 2. The molecule has 0 aliphatic carbocycles. The molecule has 2 aromatic rings. The largest absolute Gasteiger partial charge is 0.492 e. The van der Waals surface area contributed by atoms with E-state index in [0.29, 0.717) is 35.2 Å². The molecule has 1 amide bonds. The Morgan fingerprint density at radius 1 is 1.22 bits per heavy atom. The van der Waals surface area contributed by atoms with E-state index in [1.807, 2.05) is 0 Å². The molecule has 1 heterocycles. The minimum Gasteiger partial charge on any atom is -0.492 e. The van der Waals surface area contributed by atoms with Crippen LogP contribution in [-0.4, -0.2) is 61.6 Å². The van der Waals surface area contributed by atoms with Crippen LogP contribution in [0.25, 0.3) is 0 Å². The summed E-state index contributed by atoms with van der Waals surface area (Å²) in [7, 11) is -4.09. The van der Waals surface area contributed by atoms with Crippen molar-refractivity contribution in [3.8, 4) is 5.75 Å². The number of piperidine rings is 1. The molecule has 12 heteroatoms. The molecule has 0 unspecified atom stereocenters. The number of nitrogens with zero attached hydrogens (tertiary/aromatic N) is 1. The van der Waals surface area contributed by atoms with Crippen molar-refractivity contribution in [1.82, 2.24) is 9.62 Å². The van der Waals surface area contributed by atoms with E-state index in [-0.39, 0.29) is 29.3 Å². The van der Waals surface area contributed by atoms with Crippen LogP contribution < -0.4 is 10.1 Å². The molecule has 0 radical (unpaired) electrons. The summed E-state index contributed by atoms with van der Waals surface area (Å²) < 4.78 is 47.5. The summed E-state index contributed by atoms with van der Waals surface area (Å²) in [6.07, 6.45) is -0.550. The van der Waals surface area contributed by atoms with Crippen LogP contribution in [0.1, 0.15) is 43.5 Å². The zero-order valence-electron chi connectivity index (χ0n) is 20.4. The van der Waals surface area contributed by atoms with Gasteiger partial charge in [0.15, 0.2) is 0 Å². The van der Waals surface area contributed by atoms with Gasteiger partial charge in [0, 0.05) is 29.6 Å². The maximum atomic E-state index is 15.0. The first-order chi connectivity index (χ1) is 17.3. The molecule has 2 N–H and O–H groups in total. The third-order valence-electron chi connectivity index (χ3n) is 6.25. The van der Waals surface area contributed by atoms with Gasteiger partial charge in [0.25, 0.3) is 0 Å². The van der Waals surface area contributed by atoms with Crippen molar-refractivity contribution < 1.29 is 32.2 Å². The number of carboxylic acid groups (broad SMARTS) is 1. The summed E-state index contributed by atoms with van der Waals surface area (Å²) in [5.74, 6) is -1.15. The topological polar surface area (TPSA) is 113 Å². The molecule has 0 bridgehead atoms. The van der Waals surface area contributed by atoms with Crippen LogP contribution in [0.15, 0.2) is 47.4 Å². The normalized spacial score (nSPS) is 18.8. The smallest absolute Gasteiger partial charge is 0.335 e. The van der Waals surface area contributed by atoms with Crippen molar-refractivity contribution in [3.63, 3.8) is 0 Å². The lowest BCUT2D eigenvalue weighted by Crippen LogP contribution is -2.55. The number of amides is 1. The molecule has 1 aliphatic heterocycles. The van der Waals surface area contributed by atoms with E-state index in [1.54, 1.807) is 32.0 Å². The van der Waals surface area contributed by atoms with E-state index in [9.17, 15) is 18.0 Å². The van der Waals surface area contributed by atoms with Crippen LogP contribution in [-0.2, 0) is 14.8 Å². The van der Waals surface area contributed by atoms with Gasteiger partial charge >= 0.3 is 5.97 Å². The van der Waals surface area contributed by atoms with E-state index in [0.717, 1.165) is 10.4 Å². The monoisotopic (exact) mass is 574 g/mol. The highest BCUT2D eigenvalue weighted by Gasteiger charge is 2.38. The third-order valence-corrected chi connectivity index (χ3v) is 8.66. The average Bonchev–Trinajstić information content (AvgIpc) is 2.85. The molecule has 0 spiro atoms. The van der Waals surface area contributed by atoms with Gasteiger partial charge in [-0.25, -0.2) is 17.6 Å². The Bertz CT molecular complexity index is 1260. The van der Waals surface area contributed by atoms with E-state index >= 15 is 4.39 Å². The van der Waals surface area contributed by atoms with Gasteiger partial charge < -0.3 is 15.2 Å². The van der Waals surface area contributed by atoms with Crippen molar-refractivity contribution in [2.45, 2.75) is 50.2 Å². The minimum absolute atomic E-state index is 0.0142. The number of benzene rings is 2. The van der Waals surface area contributed by atoms with Gasteiger partial charge in [0.05, 0.1) is 28.1 Å². The molecule has 0 aromatic heterocycles. The second kappa shape index (κ2) is 12.0. The summed E-state index contributed by atoms with van der Waals surface area (Å²) in [5.41, 5.74) is -0.995. The fraction of sp³-hybridized carbons (Fsp3) is 0.440. The predicted molar refractivity (Wildman–Crippen MR) is 139 cm³/mol. The molecular weight excluding hydrogens is 546 g/mol. The van der Waals surface area contributed by atoms with Crippen molar-refractivity contribution in [3.05, 3.63) is 58.1 Å². The lowest BCUT2D eigenvalue weighted by atomic mass is 9.86. The first kappa shape index (κ1) is 29.2. The van der Waals surface area contributed by atoms with Gasteiger partial charge in [-0.05, 0) is 49.6 Å². The van der Waals surface area contributed by atoms with Gasteiger partial charge in [-0.1, -0.05) is 43.1 Å². The van der Waals surface area contributed by atoms with Crippen LogP contribution in [0.4, 0.5) is 4.39 Å². The molecule has 2 atom stereocenters. The summed E-state index contributed by atoms with van der Waals surface area (Å²) in [4.78, 5) is 23.9. The molecule has 1 saturated heterocycles. The maximum Gasteiger partial charge on any atom is 0.335 e. The van der Waals surface area contributed by atoms with Gasteiger partial charge in [-0.3, -0.25) is 4.79 Å². The number of carbonyl (C=O) groups is 2. The first-order valence-corrected chi connectivity index (χ1v) is 13.9. The fourth-order valence-corrected chi connectivity index (χ4v) is 5.80. The first-order valence-electron chi connectivity index (χ1n) is 11.7. The number of carbonyl (C=O) groups excluding carboxylic acids is 1. The molecule has 0 saturated carbocycles. The van der Waals surface area contributed by atoms with Gasteiger partial charge in [-0.2, -0.15) is 4.31 Å². The van der Waals surface area contributed by atoms with Crippen molar-refractivity contribution in [2.75, 3.05) is 19.7 Å². The Kier molecular flexibility index (Phi) is 9.44. The van der Waals surface area contributed by atoms with Gasteiger partial charge in [0.2, 0.25) is 15.9 Å².